The van der Waals surface area contributed by atoms with E-state index in [0.717, 1.165) is 41.9 Å². The fourth-order valence-corrected chi connectivity index (χ4v) is 5.01. The van der Waals surface area contributed by atoms with Crippen LogP contribution in [0.2, 0.25) is 0 Å². The highest BCUT2D eigenvalue weighted by molar-refractivity contribution is 7.89. The number of nitrogens with one attached hydrogen (secondary N) is 1. The maximum Gasteiger partial charge on any atom is 0.240 e. The predicted octanol–water partition coefficient (Wildman–Crippen LogP) is 2.86. The van der Waals surface area contributed by atoms with Gasteiger partial charge in [0.15, 0.2) is 0 Å². The molecular formula is C20H23NO4S. The first kappa shape index (κ1) is 17.4. The number of rotatable bonds is 4. The van der Waals surface area contributed by atoms with Gasteiger partial charge in [0.1, 0.15) is 18.1 Å². The molecule has 26 heavy (non-hydrogen) atoms. The van der Waals surface area contributed by atoms with Crippen molar-refractivity contribution in [2.75, 3.05) is 13.7 Å². The molecule has 0 saturated heterocycles. The summed E-state index contributed by atoms with van der Waals surface area (Å²) < 4.78 is 39.4. The molecule has 2 aromatic carbocycles. The molecule has 0 saturated carbocycles. The van der Waals surface area contributed by atoms with Crippen LogP contribution in [-0.4, -0.2) is 28.2 Å². The zero-order chi connectivity index (χ0) is 18.1. The van der Waals surface area contributed by atoms with E-state index in [-0.39, 0.29) is 6.04 Å². The summed E-state index contributed by atoms with van der Waals surface area (Å²) in [4.78, 5) is 0.342. The molecule has 0 amide bonds. The van der Waals surface area contributed by atoms with E-state index < -0.39 is 10.0 Å². The Morgan fingerprint density at radius 2 is 1.85 bits per heavy atom. The minimum Gasteiger partial charge on any atom is -0.497 e. The highest BCUT2D eigenvalue weighted by Gasteiger charge is 2.26. The van der Waals surface area contributed by atoms with Crippen LogP contribution in [0.4, 0.5) is 0 Å². The summed E-state index contributed by atoms with van der Waals surface area (Å²) in [6.45, 7) is 0.323. The van der Waals surface area contributed by atoms with Gasteiger partial charge in [-0.25, -0.2) is 13.1 Å². The van der Waals surface area contributed by atoms with Crippen LogP contribution in [0.5, 0.6) is 11.5 Å². The smallest absolute Gasteiger partial charge is 0.240 e. The Bertz CT molecular complexity index is 923. The standard InChI is InChI=1S/C20H23NO4S/c1-24-18-7-9-20-16(11-18)10-17(13-25-20)21-26(22,23)19-8-6-14-4-2-3-5-15(14)12-19/h6-9,11-12,17,21H,2-5,10,13H2,1H3. The number of hydrogen-bond acceptors (Lipinski definition) is 4. The maximum absolute atomic E-state index is 12.8. The minimum absolute atomic E-state index is 0.296. The Labute approximate surface area is 154 Å². The van der Waals surface area contributed by atoms with Gasteiger partial charge in [-0.3, -0.25) is 0 Å². The van der Waals surface area contributed by atoms with E-state index in [1.165, 1.54) is 12.0 Å². The molecule has 1 heterocycles. The highest BCUT2D eigenvalue weighted by Crippen LogP contribution is 2.29. The average Bonchev–Trinajstić information content (AvgIpc) is 2.66. The number of aryl methyl sites for hydroxylation is 2. The lowest BCUT2D eigenvalue weighted by atomic mass is 9.92. The largest absolute Gasteiger partial charge is 0.497 e. The van der Waals surface area contributed by atoms with E-state index in [1.807, 2.05) is 30.3 Å². The van der Waals surface area contributed by atoms with Crippen LogP contribution in [0.3, 0.4) is 0 Å². The minimum atomic E-state index is -3.57. The van der Waals surface area contributed by atoms with Crippen LogP contribution in [0, 0.1) is 0 Å². The second-order valence-corrected chi connectivity index (χ2v) is 8.66. The normalized spacial score (nSPS) is 19.2. The van der Waals surface area contributed by atoms with Gasteiger partial charge in [-0.1, -0.05) is 6.07 Å². The first-order valence-electron chi connectivity index (χ1n) is 8.99. The van der Waals surface area contributed by atoms with E-state index in [1.54, 1.807) is 13.2 Å². The molecule has 0 fully saturated rings. The molecule has 2 aromatic rings. The summed E-state index contributed by atoms with van der Waals surface area (Å²) in [5, 5.41) is 0. The highest BCUT2D eigenvalue weighted by atomic mass is 32.2. The molecule has 1 unspecified atom stereocenters. The molecule has 6 heteroatoms. The molecule has 0 bridgehead atoms. The first-order chi connectivity index (χ1) is 12.5. The molecular weight excluding hydrogens is 350 g/mol. The molecule has 5 nitrogen and oxygen atoms in total. The summed E-state index contributed by atoms with van der Waals surface area (Å²) >= 11 is 0. The maximum atomic E-state index is 12.8. The molecule has 0 spiro atoms. The number of fused-ring (bicyclic) bond motifs is 2. The molecule has 0 radical (unpaired) electrons. The van der Waals surface area contributed by atoms with E-state index in [0.29, 0.717) is 17.9 Å². The Balaban J connectivity index is 1.53. The number of methoxy groups -OCH3 is 1. The van der Waals surface area contributed by atoms with Gasteiger partial charge in [-0.15, -0.1) is 0 Å². The van der Waals surface area contributed by atoms with Gasteiger partial charge < -0.3 is 9.47 Å². The van der Waals surface area contributed by atoms with Crippen molar-refractivity contribution in [1.82, 2.24) is 4.72 Å². The summed E-state index contributed by atoms with van der Waals surface area (Å²) in [5.41, 5.74) is 3.39. The fourth-order valence-electron chi connectivity index (χ4n) is 3.74. The quantitative estimate of drug-likeness (QED) is 0.895. The van der Waals surface area contributed by atoms with Gasteiger partial charge >= 0.3 is 0 Å². The molecule has 2 aliphatic rings. The zero-order valence-electron chi connectivity index (χ0n) is 14.8. The molecule has 1 N–H and O–H groups in total. The lowest BCUT2D eigenvalue weighted by Crippen LogP contribution is -2.42. The topological polar surface area (TPSA) is 64.6 Å². The summed E-state index contributed by atoms with van der Waals surface area (Å²) in [6.07, 6.45) is 4.88. The van der Waals surface area contributed by atoms with Crippen LogP contribution in [-0.2, 0) is 29.3 Å². The number of ether oxygens (including phenoxy) is 2. The van der Waals surface area contributed by atoms with E-state index in [9.17, 15) is 8.42 Å². The van der Waals surface area contributed by atoms with Crippen molar-refractivity contribution < 1.29 is 17.9 Å². The molecule has 1 aliphatic carbocycles. The third-order valence-electron chi connectivity index (χ3n) is 5.13. The second kappa shape index (κ2) is 6.93. The molecule has 1 aliphatic heterocycles. The number of sulfonamides is 1. The van der Waals surface area contributed by atoms with Gasteiger partial charge in [0.25, 0.3) is 0 Å². The van der Waals surface area contributed by atoms with Crippen molar-refractivity contribution in [2.24, 2.45) is 0 Å². The SMILES string of the molecule is COc1ccc2c(c1)CC(NS(=O)(=O)c1ccc3c(c1)CCCC3)CO2. The van der Waals surface area contributed by atoms with Crippen LogP contribution < -0.4 is 14.2 Å². The van der Waals surface area contributed by atoms with Crippen LogP contribution in [0.15, 0.2) is 41.3 Å². The third-order valence-corrected chi connectivity index (χ3v) is 6.64. The third kappa shape index (κ3) is 3.44. The van der Waals surface area contributed by atoms with E-state index in [4.69, 9.17) is 9.47 Å². The first-order valence-corrected chi connectivity index (χ1v) is 10.5. The summed E-state index contributed by atoms with van der Waals surface area (Å²) in [5.74, 6) is 1.53. The average molecular weight is 373 g/mol. The number of benzene rings is 2. The lowest BCUT2D eigenvalue weighted by molar-refractivity contribution is 0.253. The zero-order valence-corrected chi connectivity index (χ0v) is 15.6. The van der Waals surface area contributed by atoms with Crippen molar-refractivity contribution in [3.8, 4) is 11.5 Å². The molecule has 0 aromatic heterocycles. The molecule has 1 atom stereocenters. The van der Waals surface area contributed by atoms with Gasteiger partial charge in [0.05, 0.1) is 18.0 Å². The van der Waals surface area contributed by atoms with Gasteiger partial charge in [0.2, 0.25) is 10.0 Å². The summed E-state index contributed by atoms with van der Waals surface area (Å²) in [7, 11) is -1.96. The van der Waals surface area contributed by atoms with Crippen molar-refractivity contribution in [3.05, 3.63) is 53.1 Å². The van der Waals surface area contributed by atoms with Crippen molar-refractivity contribution in [2.45, 2.75) is 43.0 Å². The Kier molecular flexibility index (Phi) is 4.63. The van der Waals surface area contributed by atoms with Gasteiger partial charge in [-0.2, -0.15) is 0 Å². The van der Waals surface area contributed by atoms with Crippen LogP contribution in [0.25, 0.3) is 0 Å². The summed E-state index contributed by atoms with van der Waals surface area (Å²) in [6, 6.07) is 10.8. The van der Waals surface area contributed by atoms with Gasteiger partial charge in [0, 0.05) is 0 Å². The lowest BCUT2D eigenvalue weighted by Gasteiger charge is -2.26. The Morgan fingerprint density at radius 1 is 1.04 bits per heavy atom. The Hall–Kier alpha value is -2.05. The van der Waals surface area contributed by atoms with E-state index >= 15 is 0 Å². The Morgan fingerprint density at radius 3 is 2.65 bits per heavy atom. The molecule has 4 rings (SSSR count). The monoisotopic (exact) mass is 373 g/mol. The second-order valence-electron chi connectivity index (χ2n) is 6.94. The van der Waals surface area contributed by atoms with Crippen molar-refractivity contribution in [3.63, 3.8) is 0 Å². The van der Waals surface area contributed by atoms with Gasteiger partial charge in [-0.05, 0) is 79.1 Å². The molecule has 138 valence electrons. The van der Waals surface area contributed by atoms with E-state index in [2.05, 4.69) is 4.72 Å². The van der Waals surface area contributed by atoms with Crippen LogP contribution >= 0.6 is 0 Å². The fraction of sp³-hybridized carbons (Fsp3) is 0.400. The van der Waals surface area contributed by atoms with Crippen molar-refractivity contribution in [1.29, 1.82) is 0 Å². The van der Waals surface area contributed by atoms with Crippen LogP contribution in [0.1, 0.15) is 29.5 Å². The predicted molar refractivity (Wildman–Crippen MR) is 99.4 cm³/mol. The number of hydrogen-bond donors (Lipinski definition) is 1. The van der Waals surface area contributed by atoms with Crippen molar-refractivity contribution >= 4 is 10.0 Å².